The maximum atomic E-state index is 12.9. The Morgan fingerprint density at radius 1 is 1.06 bits per heavy atom. The Morgan fingerprint density at radius 2 is 1.87 bits per heavy atom. The first kappa shape index (κ1) is 25.5. The standard InChI is InChI=1S/C20H16F3N3OS2.2ClH/c1-12-17(24-7-6-18(12)28-10-14-3-2-8-27-14)11-29-19-25-15-5-4-13(20(21,22)23)9-16(15)26-19;;/h2-9H,10-11H2,1H3,(H,25,26);2*1H. The van der Waals surface area contributed by atoms with Gasteiger partial charge in [-0.05, 0) is 48.9 Å². The van der Waals surface area contributed by atoms with Crippen molar-refractivity contribution < 1.29 is 17.6 Å². The molecule has 0 bridgehead atoms. The fraction of sp³-hybridized carbons (Fsp3) is 0.200. The van der Waals surface area contributed by atoms with E-state index >= 15 is 0 Å². The highest BCUT2D eigenvalue weighted by Crippen LogP contribution is 2.33. The Kier molecular flexibility index (Phi) is 8.76. The number of halogens is 5. The minimum Gasteiger partial charge on any atom is -0.468 e. The molecule has 0 spiro atoms. The van der Waals surface area contributed by atoms with Crippen molar-refractivity contribution in [3.63, 3.8) is 0 Å². The number of hydrogen-bond acceptors (Lipinski definition) is 5. The molecule has 3 heterocycles. The Morgan fingerprint density at radius 3 is 2.58 bits per heavy atom. The number of H-pyrrole nitrogens is 1. The normalized spacial score (nSPS) is 11.2. The first-order valence-electron chi connectivity index (χ1n) is 8.69. The van der Waals surface area contributed by atoms with Crippen LogP contribution in [0.4, 0.5) is 13.2 Å². The van der Waals surface area contributed by atoms with Crippen LogP contribution in [-0.2, 0) is 17.7 Å². The summed E-state index contributed by atoms with van der Waals surface area (Å²) in [5, 5.41) is 0.564. The molecule has 166 valence electrons. The van der Waals surface area contributed by atoms with E-state index in [1.54, 1.807) is 24.2 Å². The number of pyridine rings is 1. The van der Waals surface area contributed by atoms with Gasteiger partial charge in [-0.1, -0.05) is 11.8 Å². The van der Waals surface area contributed by atoms with Crippen LogP contribution in [0.5, 0.6) is 0 Å². The third kappa shape index (κ3) is 6.12. The van der Waals surface area contributed by atoms with E-state index in [9.17, 15) is 13.2 Å². The van der Waals surface area contributed by atoms with Crippen LogP contribution in [0.2, 0.25) is 0 Å². The first-order chi connectivity index (χ1) is 13.9. The Balaban J connectivity index is 0.00000171. The second-order valence-corrected chi connectivity index (χ2v) is 8.29. The predicted octanol–water partition coefficient (Wildman–Crippen LogP) is 7.31. The number of aromatic nitrogens is 3. The summed E-state index contributed by atoms with van der Waals surface area (Å²) >= 11 is 3.09. The topological polar surface area (TPSA) is 54.7 Å². The zero-order chi connectivity index (χ0) is 20.4. The molecule has 4 nitrogen and oxygen atoms in total. The zero-order valence-electron chi connectivity index (χ0n) is 16.1. The molecule has 4 rings (SSSR count). The number of alkyl halides is 3. The third-order valence-electron chi connectivity index (χ3n) is 4.34. The molecule has 0 fully saturated rings. The van der Waals surface area contributed by atoms with Crippen LogP contribution in [0.25, 0.3) is 11.0 Å². The highest BCUT2D eigenvalue weighted by Gasteiger charge is 2.30. The lowest BCUT2D eigenvalue weighted by atomic mass is 10.2. The lowest BCUT2D eigenvalue weighted by Crippen LogP contribution is -2.04. The van der Waals surface area contributed by atoms with E-state index in [2.05, 4.69) is 15.0 Å². The fourth-order valence-electron chi connectivity index (χ4n) is 2.77. The summed E-state index contributed by atoms with van der Waals surface area (Å²) in [5.41, 5.74) is 2.18. The quantitative estimate of drug-likeness (QED) is 0.277. The minimum absolute atomic E-state index is 0. The number of thioether (sulfide) groups is 2. The molecule has 0 atom stereocenters. The molecule has 1 N–H and O–H groups in total. The van der Waals surface area contributed by atoms with Crippen molar-refractivity contribution in [1.29, 1.82) is 0 Å². The molecule has 0 radical (unpaired) electrons. The van der Waals surface area contributed by atoms with Crippen LogP contribution in [0.3, 0.4) is 0 Å². The van der Waals surface area contributed by atoms with Gasteiger partial charge in [-0.2, -0.15) is 13.2 Å². The van der Waals surface area contributed by atoms with Crippen molar-refractivity contribution in [1.82, 2.24) is 15.0 Å². The predicted molar refractivity (Wildman–Crippen MR) is 122 cm³/mol. The number of nitrogens with one attached hydrogen (secondary N) is 1. The van der Waals surface area contributed by atoms with Crippen LogP contribution in [-0.4, -0.2) is 15.0 Å². The van der Waals surface area contributed by atoms with Gasteiger partial charge in [0.15, 0.2) is 5.16 Å². The van der Waals surface area contributed by atoms with E-state index < -0.39 is 11.7 Å². The van der Waals surface area contributed by atoms with E-state index in [0.29, 0.717) is 21.9 Å². The highest BCUT2D eigenvalue weighted by molar-refractivity contribution is 7.98. The average Bonchev–Trinajstić information content (AvgIpc) is 3.34. The molecule has 11 heteroatoms. The Bertz CT molecular complexity index is 1130. The van der Waals surface area contributed by atoms with Gasteiger partial charge in [-0.15, -0.1) is 36.6 Å². The van der Waals surface area contributed by atoms with Gasteiger partial charge in [0.05, 0.1) is 34.3 Å². The van der Waals surface area contributed by atoms with Crippen molar-refractivity contribution >= 4 is 59.4 Å². The number of nitrogens with zero attached hydrogens (tertiary/aromatic N) is 2. The molecule has 0 aliphatic carbocycles. The van der Waals surface area contributed by atoms with Crippen LogP contribution in [0.1, 0.15) is 22.6 Å². The number of hydrogen-bond donors (Lipinski definition) is 1. The second-order valence-electron chi connectivity index (χ2n) is 6.31. The lowest BCUT2D eigenvalue weighted by molar-refractivity contribution is -0.137. The summed E-state index contributed by atoms with van der Waals surface area (Å²) in [6.07, 6.45) is -0.953. The number of rotatable bonds is 6. The first-order valence-corrected chi connectivity index (χ1v) is 10.7. The zero-order valence-corrected chi connectivity index (χ0v) is 19.4. The van der Waals surface area contributed by atoms with Crippen LogP contribution < -0.4 is 0 Å². The number of furan rings is 1. The van der Waals surface area contributed by atoms with Crippen LogP contribution in [0.15, 0.2) is 63.3 Å². The van der Waals surface area contributed by atoms with E-state index in [0.717, 1.165) is 39.8 Å². The summed E-state index contributed by atoms with van der Waals surface area (Å²) in [5.74, 6) is 2.20. The van der Waals surface area contributed by atoms with Gasteiger partial charge in [0.1, 0.15) is 5.76 Å². The van der Waals surface area contributed by atoms with Crippen molar-refractivity contribution in [2.24, 2.45) is 0 Å². The van der Waals surface area contributed by atoms with Crippen molar-refractivity contribution in [3.05, 3.63) is 71.4 Å². The Hall–Kier alpha value is -1.81. The number of fused-ring (bicyclic) bond motifs is 1. The molecule has 0 saturated heterocycles. The summed E-state index contributed by atoms with van der Waals surface area (Å²) in [6, 6.07) is 9.28. The monoisotopic (exact) mass is 507 g/mol. The smallest absolute Gasteiger partial charge is 0.416 e. The molecule has 0 amide bonds. The molecule has 1 aromatic carbocycles. The fourth-order valence-corrected chi connectivity index (χ4v) is 4.63. The molecule has 0 unspecified atom stereocenters. The highest BCUT2D eigenvalue weighted by atomic mass is 35.5. The molecule has 3 aromatic heterocycles. The van der Waals surface area contributed by atoms with E-state index in [1.165, 1.54) is 17.8 Å². The molecule has 31 heavy (non-hydrogen) atoms. The maximum absolute atomic E-state index is 12.9. The van der Waals surface area contributed by atoms with Gasteiger partial charge >= 0.3 is 6.18 Å². The van der Waals surface area contributed by atoms with Gasteiger partial charge < -0.3 is 9.40 Å². The third-order valence-corrected chi connectivity index (χ3v) is 6.41. The number of imidazole rings is 1. The minimum atomic E-state index is -4.37. The molecule has 0 aliphatic rings. The van der Waals surface area contributed by atoms with Crippen LogP contribution >= 0.6 is 48.3 Å². The maximum Gasteiger partial charge on any atom is 0.416 e. The van der Waals surface area contributed by atoms with E-state index in [1.807, 2.05) is 25.1 Å². The number of aromatic amines is 1. The molecule has 0 aliphatic heterocycles. The average molecular weight is 508 g/mol. The summed E-state index contributed by atoms with van der Waals surface area (Å²) in [6.45, 7) is 2.02. The summed E-state index contributed by atoms with van der Waals surface area (Å²) in [4.78, 5) is 12.9. The molecular formula is C20H18Cl2F3N3OS2. The van der Waals surface area contributed by atoms with E-state index in [4.69, 9.17) is 4.42 Å². The van der Waals surface area contributed by atoms with Crippen molar-refractivity contribution in [3.8, 4) is 0 Å². The summed E-state index contributed by atoms with van der Waals surface area (Å²) in [7, 11) is 0. The van der Waals surface area contributed by atoms with Gasteiger partial charge in [-0.3, -0.25) is 4.98 Å². The van der Waals surface area contributed by atoms with Gasteiger partial charge in [0, 0.05) is 16.8 Å². The van der Waals surface area contributed by atoms with E-state index in [-0.39, 0.29) is 24.8 Å². The van der Waals surface area contributed by atoms with Crippen molar-refractivity contribution in [2.75, 3.05) is 0 Å². The number of benzene rings is 1. The Labute approximate surface area is 197 Å². The van der Waals surface area contributed by atoms with Crippen LogP contribution in [0, 0.1) is 6.92 Å². The second kappa shape index (κ2) is 10.7. The molecule has 0 saturated carbocycles. The van der Waals surface area contributed by atoms with Gasteiger partial charge in [-0.25, -0.2) is 4.98 Å². The SMILES string of the molecule is Cc1c(SCc2ccco2)ccnc1CSc1nc2ccc(C(F)(F)F)cc2[nH]1.Cl.Cl. The summed E-state index contributed by atoms with van der Waals surface area (Å²) < 4.78 is 44.0. The lowest BCUT2D eigenvalue weighted by Gasteiger charge is -2.09. The molecule has 4 aromatic rings. The van der Waals surface area contributed by atoms with Crippen molar-refractivity contribution in [2.45, 2.75) is 34.7 Å². The largest absolute Gasteiger partial charge is 0.468 e. The molecular weight excluding hydrogens is 490 g/mol. The van der Waals surface area contributed by atoms with Gasteiger partial charge in [0.25, 0.3) is 0 Å². The van der Waals surface area contributed by atoms with Gasteiger partial charge in [0.2, 0.25) is 0 Å².